The van der Waals surface area contributed by atoms with Gasteiger partial charge in [0.15, 0.2) is 5.78 Å². The van der Waals surface area contributed by atoms with Crippen molar-refractivity contribution in [2.45, 2.75) is 50.5 Å². The number of nitriles is 1. The molecule has 2 saturated heterocycles. The molecule has 2 unspecified atom stereocenters. The van der Waals surface area contributed by atoms with Crippen LogP contribution in [0.5, 0.6) is 0 Å². The second-order valence-electron chi connectivity index (χ2n) is 7.95. The Labute approximate surface area is 167 Å². The van der Waals surface area contributed by atoms with E-state index < -0.39 is 11.7 Å². The van der Waals surface area contributed by atoms with Gasteiger partial charge < -0.3 is 0 Å². The highest BCUT2D eigenvalue weighted by atomic mass is 19.4. The van der Waals surface area contributed by atoms with Gasteiger partial charge in [0.1, 0.15) is 0 Å². The number of hydrogen-bond acceptors (Lipinski definition) is 3. The van der Waals surface area contributed by atoms with Gasteiger partial charge in [0.25, 0.3) is 0 Å². The lowest BCUT2D eigenvalue weighted by Gasteiger charge is -2.38. The number of alkyl halides is 3. The summed E-state index contributed by atoms with van der Waals surface area (Å²) in [5.74, 6) is -0.449. The van der Waals surface area contributed by atoms with E-state index in [4.69, 9.17) is 0 Å². The summed E-state index contributed by atoms with van der Waals surface area (Å²) in [6, 6.07) is 15.4. The van der Waals surface area contributed by atoms with Crippen molar-refractivity contribution in [2.24, 2.45) is 5.92 Å². The zero-order chi connectivity index (χ0) is 20.6. The van der Waals surface area contributed by atoms with Gasteiger partial charge in [-0.15, -0.1) is 0 Å². The fraction of sp³-hybridized carbons (Fsp3) is 0.391. The average Bonchev–Trinajstić information content (AvgIpc) is 2.94. The highest BCUT2D eigenvalue weighted by Gasteiger charge is 2.43. The minimum Gasteiger partial charge on any atom is -0.294 e. The minimum atomic E-state index is -4.53. The molecule has 0 N–H and O–H groups in total. The van der Waals surface area contributed by atoms with E-state index in [-0.39, 0.29) is 22.8 Å². The molecule has 0 aliphatic carbocycles. The Kier molecular flexibility index (Phi) is 5.18. The number of rotatable bonds is 4. The molecule has 2 aromatic carbocycles. The molecule has 0 saturated carbocycles. The predicted molar refractivity (Wildman–Crippen MR) is 102 cm³/mol. The second-order valence-corrected chi connectivity index (χ2v) is 7.95. The van der Waals surface area contributed by atoms with Crippen molar-refractivity contribution in [3.63, 3.8) is 0 Å². The Morgan fingerprint density at radius 3 is 2.31 bits per heavy atom. The third-order valence-corrected chi connectivity index (χ3v) is 6.20. The van der Waals surface area contributed by atoms with Gasteiger partial charge in [-0.1, -0.05) is 30.3 Å². The lowest BCUT2D eigenvalue weighted by Crippen LogP contribution is -2.44. The van der Waals surface area contributed by atoms with Crippen molar-refractivity contribution in [1.29, 1.82) is 5.26 Å². The van der Waals surface area contributed by atoms with Crippen LogP contribution in [0.4, 0.5) is 13.2 Å². The first-order valence-electron chi connectivity index (χ1n) is 9.82. The first kappa shape index (κ1) is 19.7. The van der Waals surface area contributed by atoms with Crippen molar-refractivity contribution < 1.29 is 18.0 Å². The number of carbonyl (C=O) groups is 1. The smallest absolute Gasteiger partial charge is 0.294 e. The molecule has 150 valence electrons. The highest BCUT2D eigenvalue weighted by Crippen LogP contribution is 2.41. The lowest BCUT2D eigenvalue weighted by molar-refractivity contribution is -0.137. The third kappa shape index (κ3) is 3.92. The summed E-state index contributed by atoms with van der Waals surface area (Å²) in [6.45, 7) is 0.848. The molecule has 2 aromatic rings. The topological polar surface area (TPSA) is 44.1 Å². The SMILES string of the molecule is N#Cc1cc(C(F)(F)F)ccc1C(=O)C1CC2CCC(C1)N2Cc1ccccc1. The van der Waals surface area contributed by atoms with Gasteiger partial charge >= 0.3 is 6.18 Å². The molecule has 3 nitrogen and oxygen atoms in total. The molecular weight excluding hydrogens is 377 g/mol. The maximum Gasteiger partial charge on any atom is 0.416 e. The Hall–Kier alpha value is -2.65. The van der Waals surface area contributed by atoms with E-state index in [2.05, 4.69) is 17.0 Å². The van der Waals surface area contributed by atoms with Gasteiger partial charge in [0.2, 0.25) is 0 Å². The summed E-state index contributed by atoms with van der Waals surface area (Å²) in [6.07, 6.45) is -1.10. The molecule has 29 heavy (non-hydrogen) atoms. The molecule has 0 radical (unpaired) electrons. The summed E-state index contributed by atoms with van der Waals surface area (Å²) >= 11 is 0. The monoisotopic (exact) mass is 398 g/mol. The number of Topliss-reactive ketones (excluding diaryl/α,β-unsaturated/α-hetero) is 1. The molecule has 2 atom stereocenters. The summed E-state index contributed by atoms with van der Waals surface area (Å²) in [7, 11) is 0. The van der Waals surface area contributed by atoms with Crippen molar-refractivity contribution in [3.8, 4) is 6.07 Å². The van der Waals surface area contributed by atoms with Crippen molar-refractivity contribution in [2.75, 3.05) is 0 Å². The second kappa shape index (κ2) is 7.64. The summed E-state index contributed by atoms with van der Waals surface area (Å²) < 4.78 is 38.8. The van der Waals surface area contributed by atoms with Crippen LogP contribution in [0, 0.1) is 17.2 Å². The summed E-state index contributed by atoms with van der Waals surface area (Å²) in [5, 5.41) is 9.30. The molecule has 2 heterocycles. The van der Waals surface area contributed by atoms with Crippen LogP contribution in [0.25, 0.3) is 0 Å². The Balaban J connectivity index is 1.51. The Morgan fingerprint density at radius 2 is 1.72 bits per heavy atom. The number of benzene rings is 2. The van der Waals surface area contributed by atoms with E-state index in [1.807, 2.05) is 18.2 Å². The van der Waals surface area contributed by atoms with Gasteiger partial charge in [-0.05, 0) is 49.4 Å². The fourth-order valence-corrected chi connectivity index (χ4v) is 4.79. The lowest BCUT2D eigenvalue weighted by atomic mass is 9.83. The number of piperidine rings is 1. The first-order valence-corrected chi connectivity index (χ1v) is 9.82. The van der Waals surface area contributed by atoms with Crippen LogP contribution in [0.15, 0.2) is 48.5 Å². The number of hydrogen-bond donors (Lipinski definition) is 0. The van der Waals surface area contributed by atoms with Gasteiger partial charge in [0.05, 0.1) is 17.2 Å². The number of ketones is 1. The van der Waals surface area contributed by atoms with E-state index in [9.17, 15) is 23.2 Å². The van der Waals surface area contributed by atoms with Crippen LogP contribution < -0.4 is 0 Å². The Bertz CT molecular complexity index is 935. The minimum absolute atomic E-state index is 0.112. The molecule has 0 amide bonds. The molecule has 2 aliphatic rings. The van der Waals surface area contributed by atoms with Gasteiger partial charge in [-0.25, -0.2) is 0 Å². The summed E-state index contributed by atoms with van der Waals surface area (Å²) in [4.78, 5) is 15.5. The summed E-state index contributed by atoms with van der Waals surface area (Å²) in [5.41, 5.74) is 0.261. The predicted octanol–water partition coefficient (Wildman–Crippen LogP) is 5.20. The van der Waals surface area contributed by atoms with Gasteiger partial charge in [-0.2, -0.15) is 18.4 Å². The standard InChI is InChI=1S/C23H21F3N2O/c24-23(25,26)18-6-9-21(17(10-18)13-27)22(29)16-11-19-7-8-20(12-16)28(19)14-15-4-2-1-3-5-15/h1-6,9-10,16,19-20H,7-8,11-12,14H2. The van der Waals surface area contributed by atoms with E-state index in [1.165, 1.54) is 11.6 Å². The molecule has 0 aromatic heterocycles. The molecule has 2 aliphatic heterocycles. The van der Waals surface area contributed by atoms with Crippen LogP contribution >= 0.6 is 0 Å². The Morgan fingerprint density at radius 1 is 1.07 bits per heavy atom. The van der Waals surface area contributed by atoms with E-state index in [0.717, 1.165) is 31.5 Å². The van der Waals surface area contributed by atoms with Crippen LogP contribution in [-0.4, -0.2) is 22.8 Å². The maximum atomic E-state index is 13.1. The van der Waals surface area contributed by atoms with Gasteiger partial charge in [-0.3, -0.25) is 9.69 Å². The maximum absolute atomic E-state index is 13.1. The number of nitrogens with zero attached hydrogens (tertiary/aromatic N) is 2. The van der Waals surface area contributed by atoms with Crippen molar-refractivity contribution >= 4 is 5.78 Å². The third-order valence-electron chi connectivity index (χ3n) is 6.20. The quantitative estimate of drug-likeness (QED) is 0.665. The van der Waals surface area contributed by atoms with E-state index >= 15 is 0 Å². The van der Waals surface area contributed by atoms with E-state index in [0.29, 0.717) is 24.9 Å². The van der Waals surface area contributed by atoms with Gasteiger partial charge in [0, 0.05) is 30.1 Å². The fourth-order valence-electron chi connectivity index (χ4n) is 4.79. The molecular formula is C23H21F3N2O. The molecule has 2 bridgehead atoms. The van der Waals surface area contributed by atoms with E-state index in [1.54, 1.807) is 6.07 Å². The number of halogens is 3. The molecule has 6 heteroatoms. The molecule has 4 rings (SSSR count). The number of carbonyl (C=O) groups excluding carboxylic acids is 1. The van der Waals surface area contributed by atoms with Crippen molar-refractivity contribution in [3.05, 3.63) is 70.8 Å². The molecule has 2 fully saturated rings. The first-order chi connectivity index (χ1) is 13.9. The zero-order valence-corrected chi connectivity index (χ0v) is 15.8. The van der Waals surface area contributed by atoms with Crippen molar-refractivity contribution in [1.82, 2.24) is 4.90 Å². The largest absolute Gasteiger partial charge is 0.416 e. The molecule has 0 spiro atoms. The zero-order valence-electron chi connectivity index (χ0n) is 15.8. The number of fused-ring (bicyclic) bond motifs is 2. The van der Waals surface area contributed by atoms with Crippen LogP contribution in [0.3, 0.4) is 0 Å². The highest BCUT2D eigenvalue weighted by molar-refractivity contribution is 6.00. The van der Waals surface area contributed by atoms with Crippen LogP contribution in [-0.2, 0) is 12.7 Å². The average molecular weight is 398 g/mol. The van der Waals surface area contributed by atoms with Crippen LogP contribution in [0.2, 0.25) is 0 Å². The normalized spacial score (nSPS) is 24.3. The van der Waals surface area contributed by atoms with Crippen LogP contribution in [0.1, 0.15) is 52.7 Å².